The monoisotopic (exact) mass is 508 g/mol. The Hall–Kier alpha value is -3.86. The smallest absolute Gasteiger partial charge is 0.387 e. The second-order valence-corrected chi connectivity index (χ2v) is 9.20. The van der Waals surface area contributed by atoms with Crippen molar-refractivity contribution in [3.8, 4) is 17.0 Å². The van der Waals surface area contributed by atoms with Crippen LogP contribution < -0.4 is 4.74 Å². The Bertz CT molecular complexity index is 1530. The summed E-state index contributed by atoms with van der Waals surface area (Å²) in [5.74, 6) is -0.666. The molecule has 0 radical (unpaired) electrons. The maximum absolute atomic E-state index is 15.1. The molecule has 6 rings (SSSR count). The lowest BCUT2D eigenvalue weighted by atomic mass is 10.0. The van der Waals surface area contributed by atoms with Gasteiger partial charge in [-0.25, -0.2) is 24.3 Å². The number of benzene rings is 1. The van der Waals surface area contributed by atoms with E-state index in [1.165, 1.54) is 12.1 Å². The molecular weight excluding hydrogens is 485 g/mol. The summed E-state index contributed by atoms with van der Waals surface area (Å²) in [7, 11) is 0. The van der Waals surface area contributed by atoms with E-state index in [2.05, 4.69) is 24.8 Å². The molecule has 190 valence electrons. The molecule has 4 aromatic rings. The molecule has 0 unspecified atom stereocenters. The van der Waals surface area contributed by atoms with Gasteiger partial charge in [0.2, 0.25) is 0 Å². The normalized spacial score (nSPS) is 17.9. The molecular formula is C26H23F3N6O2. The molecule has 1 aromatic carbocycles. The summed E-state index contributed by atoms with van der Waals surface area (Å²) in [5.41, 5.74) is 4.07. The third-order valence-electron chi connectivity index (χ3n) is 6.54. The van der Waals surface area contributed by atoms with Gasteiger partial charge in [-0.15, -0.1) is 0 Å². The van der Waals surface area contributed by atoms with Crippen LogP contribution in [0.1, 0.15) is 54.2 Å². The van der Waals surface area contributed by atoms with Gasteiger partial charge in [-0.05, 0) is 56.9 Å². The van der Waals surface area contributed by atoms with Crippen LogP contribution in [0.4, 0.5) is 13.2 Å². The summed E-state index contributed by atoms with van der Waals surface area (Å²) in [4.78, 5) is 18.5. The van der Waals surface area contributed by atoms with Gasteiger partial charge in [0.1, 0.15) is 28.9 Å². The average Bonchev–Trinajstić information content (AvgIpc) is 3.60. The lowest BCUT2D eigenvalue weighted by Crippen LogP contribution is -2.12. The van der Waals surface area contributed by atoms with Crippen molar-refractivity contribution in [3.63, 3.8) is 0 Å². The van der Waals surface area contributed by atoms with Crippen LogP contribution in [0.3, 0.4) is 0 Å². The standard InChI is InChI=1S/C26H23F3N6O2/c1-13-14(2)32-25-23(31-13)22(19-6-5-18(10-20(19)27)37-26(28)29)33-24(34-25)15-7-8-36-21(9-15)16-11-30-35(12-16)17-3-4-17/h5-6,9-12,17,21,26H,3-4,7-8H2,1-2H3/t21-/m1/s1. The third-order valence-corrected chi connectivity index (χ3v) is 6.54. The maximum atomic E-state index is 15.1. The second-order valence-electron chi connectivity index (χ2n) is 9.20. The Labute approximate surface area is 210 Å². The minimum absolute atomic E-state index is 0.0859. The van der Waals surface area contributed by atoms with E-state index in [-0.39, 0.29) is 23.1 Å². The minimum atomic E-state index is -3.06. The highest BCUT2D eigenvalue weighted by molar-refractivity contribution is 5.88. The van der Waals surface area contributed by atoms with E-state index in [0.717, 1.165) is 30.0 Å². The molecule has 0 bridgehead atoms. The number of hydrogen-bond acceptors (Lipinski definition) is 7. The molecule has 0 spiro atoms. The fourth-order valence-corrected chi connectivity index (χ4v) is 4.33. The Morgan fingerprint density at radius 2 is 1.89 bits per heavy atom. The summed E-state index contributed by atoms with van der Waals surface area (Å²) in [6, 6.07) is 3.99. The van der Waals surface area contributed by atoms with Crippen molar-refractivity contribution in [2.24, 2.45) is 0 Å². The van der Waals surface area contributed by atoms with E-state index < -0.39 is 12.4 Å². The third kappa shape index (κ3) is 4.66. The number of hydrogen-bond donors (Lipinski definition) is 0. The lowest BCUT2D eigenvalue weighted by Gasteiger charge is -2.21. The van der Waals surface area contributed by atoms with Crippen LogP contribution >= 0.6 is 0 Å². The first-order chi connectivity index (χ1) is 17.9. The van der Waals surface area contributed by atoms with Gasteiger partial charge < -0.3 is 9.47 Å². The highest BCUT2D eigenvalue weighted by Crippen LogP contribution is 2.37. The van der Waals surface area contributed by atoms with Crippen LogP contribution in [0.25, 0.3) is 28.0 Å². The summed E-state index contributed by atoms with van der Waals surface area (Å²) < 4.78 is 52.7. The van der Waals surface area contributed by atoms with Crippen molar-refractivity contribution in [3.05, 3.63) is 65.3 Å². The quantitative estimate of drug-likeness (QED) is 0.339. The van der Waals surface area contributed by atoms with E-state index in [9.17, 15) is 8.78 Å². The SMILES string of the molecule is Cc1nc2nc(C3=C[C@H](c4cnn(C5CC5)c4)OCC3)nc(-c3ccc(OC(F)F)cc3F)c2nc1C. The van der Waals surface area contributed by atoms with Crippen LogP contribution in [0.2, 0.25) is 0 Å². The molecule has 4 heterocycles. The van der Waals surface area contributed by atoms with E-state index >= 15 is 4.39 Å². The molecule has 0 N–H and O–H groups in total. The summed E-state index contributed by atoms with van der Waals surface area (Å²) >= 11 is 0. The summed E-state index contributed by atoms with van der Waals surface area (Å²) in [6.07, 6.45) is 8.27. The Morgan fingerprint density at radius 3 is 2.65 bits per heavy atom. The van der Waals surface area contributed by atoms with Gasteiger partial charge in [-0.1, -0.05) is 0 Å². The number of aryl methyl sites for hydroxylation is 2. The van der Waals surface area contributed by atoms with Crippen molar-refractivity contribution in [1.82, 2.24) is 29.7 Å². The minimum Gasteiger partial charge on any atom is -0.435 e. The predicted molar refractivity (Wildman–Crippen MR) is 128 cm³/mol. The fraction of sp³-hybridized carbons (Fsp3) is 0.346. The van der Waals surface area contributed by atoms with Gasteiger partial charge >= 0.3 is 6.61 Å². The topological polar surface area (TPSA) is 87.8 Å². The van der Waals surface area contributed by atoms with Crippen LogP contribution in [0, 0.1) is 19.7 Å². The van der Waals surface area contributed by atoms with E-state index in [1.807, 2.05) is 30.1 Å². The van der Waals surface area contributed by atoms with Crippen molar-refractivity contribution >= 4 is 16.7 Å². The molecule has 11 heteroatoms. The zero-order valence-electron chi connectivity index (χ0n) is 20.2. The van der Waals surface area contributed by atoms with Crippen LogP contribution in [-0.2, 0) is 4.74 Å². The first-order valence-electron chi connectivity index (χ1n) is 12.0. The summed E-state index contributed by atoms with van der Waals surface area (Å²) in [5, 5.41) is 4.46. The Balaban J connectivity index is 1.45. The molecule has 1 aliphatic carbocycles. The largest absolute Gasteiger partial charge is 0.435 e. The molecule has 0 saturated heterocycles. The second kappa shape index (κ2) is 9.22. The fourth-order valence-electron chi connectivity index (χ4n) is 4.33. The number of rotatable bonds is 6. The maximum Gasteiger partial charge on any atom is 0.387 e. The van der Waals surface area contributed by atoms with E-state index in [4.69, 9.17) is 9.72 Å². The molecule has 2 aliphatic rings. The van der Waals surface area contributed by atoms with E-state index in [1.54, 1.807) is 6.92 Å². The van der Waals surface area contributed by atoms with Gasteiger partial charge in [-0.3, -0.25) is 4.68 Å². The average molecular weight is 509 g/mol. The van der Waals surface area contributed by atoms with Gasteiger partial charge in [0.15, 0.2) is 11.5 Å². The number of nitrogens with zero attached hydrogens (tertiary/aromatic N) is 6. The van der Waals surface area contributed by atoms with Crippen molar-refractivity contribution in [2.45, 2.75) is 51.9 Å². The van der Waals surface area contributed by atoms with Crippen molar-refractivity contribution in [2.75, 3.05) is 6.61 Å². The van der Waals surface area contributed by atoms with Crippen LogP contribution in [0.15, 0.2) is 36.7 Å². The number of fused-ring (bicyclic) bond motifs is 1. The molecule has 1 saturated carbocycles. The number of halogens is 3. The zero-order chi connectivity index (χ0) is 25.7. The van der Waals surface area contributed by atoms with Crippen LogP contribution in [0.5, 0.6) is 5.75 Å². The van der Waals surface area contributed by atoms with Crippen molar-refractivity contribution in [1.29, 1.82) is 0 Å². The van der Waals surface area contributed by atoms with Gasteiger partial charge in [0.05, 0.1) is 30.2 Å². The number of alkyl halides is 2. The molecule has 37 heavy (non-hydrogen) atoms. The zero-order valence-corrected chi connectivity index (χ0v) is 20.2. The summed E-state index contributed by atoms with van der Waals surface area (Å²) in [6.45, 7) is 1.01. The molecule has 0 amide bonds. The molecule has 1 atom stereocenters. The molecule has 1 fully saturated rings. The molecule has 1 aliphatic heterocycles. The number of aromatic nitrogens is 6. The highest BCUT2D eigenvalue weighted by atomic mass is 19.3. The van der Waals surface area contributed by atoms with Crippen LogP contribution in [-0.4, -0.2) is 42.9 Å². The van der Waals surface area contributed by atoms with Crippen molar-refractivity contribution < 1.29 is 22.6 Å². The van der Waals surface area contributed by atoms with Gasteiger partial charge in [0, 0.05) is 23.4 Å². The van der Waals surface area contributed by atoms with Gasteiger partial charge in [0.25, 0.3) is 0 Å². The van der Waals surface area contributed by atoms with E-state index in [0.29, 0.717) is 47.4 Å². The molecule has 8 nitrogen and oxygen atoms in total. The first-order valence-corrected chi connectivity index (χ1v) is 12.0. The van der Waals surface area contributed by atoms with Gasteiger partial charge in [-0.2, -0.15) is 13.9 Å². The predicted octanol–water partition coefficient (Wildman–Crippen LogP) is 5.52. The Kier molecular flexibility index (Phi) is 5.86. The lowest BCUT2D eigenvalue weighted by molar-refractivity contribution is -0.0499. The Morgan fingerprint density at radius 1 is 1.08 bits per heavy atom. The highest BCUT2D eigenvalue weighted by Gasteiger charge is 2.27. The number of ether oxygens (including phenoxy) is 2. The first kappa shape index (κ1) is 23.5. The molecule has 3 aromatic heterocycles.